The molecule has 0 spiro atoms. The fraction of sp³-hybridized carbons (Fsp3) is 0.0417. The van der Waals surface area contributed by atoms with Gasteiger partial charge in [0.2, 0.25) is 0 Å². The minimum absolute atomic E-state index is 0.168. The number of ether oxygens (including phenoxy) is 1. The van der Waals surface area contributed by atoms with E-state index in [0.717, 1.165) is 16.7 Å². The van der Waals surface area contributed by atoms with Gasteiger partial charge in [-0.2, -0.15) is 0 Å². The van der Waals surface area contributed by atoms with E-state index in [1.54, 1.807) is 24.3 Å². The highest BCUT2D eigenvalue weighted by Crippen LogP contribution is 2.27. The summed E-state index contributed by atoms with van der Waals surface area (Å²) in [4.78, 5) is 12.4. The largest absolute Gasteiger partial charge is 0.465 e. The van der Waals surface area contributed by atoms with Crippen LogP contribution in [-0.2, 0) is 9.53 Å². The molecule has 134 valence electrons. The average Bonchev–Trinajstić information content (AvgIpc) is 2.72. The Morgan fingerprint density at radius 3 is 2.07 bits per heavy atom. The Bertz CT molecular complexity index is 974. The van der Waals surface area contributed by atoms with Gasteiger partial charge < -0.3 is 4.74 Å². The lowest BCUT2D eigenvalue weighted by molar-refractivity contribution is -0.133. The molecular formula is C24H19FO2. The molecule has 3 aromatic rings. The van der Waals surface area contributed by atoms with Crippen LogP contribution in [0.4, 0.5) is 4.39 Å². The third kappa shape index (κ3) is 4.59. The van der Waals surface area contributed by atoms with Gasteiger partial charge in [0.1, 0.15) is 5.82 Å². The Labute approximate surface area is 158 Å². The molecule has 0 aliphatic carbocycles. The lowest BCUT2D eigenvalue weighted by Crippen LogP contribution is -2.06. The zero-order chi connectivity index (χ0) is 19.1. The molecule has 27 heavy (non-hydrogen) atoms. The van der Waals surface area contributed by atoms with Gasteiger partial charge in [0.15, 0.2) is 0 Å². The fourth-order valence-corrected chi connectivity index (χ4v) is 2.76. The van der Waals surface area contributed by atoms with Crippen molar-refractivity contribution in [1.29, 1.82) is 0 Å². The smallest absolute Gasteiger partial charge is 0.338 e. The van der Waals surface area contributed by atoms with Crippen LogP contribution in [0.5, 0.6) is 0 Å². The Morgan fingerprint density at radius 2 is 1.44 bits per heavy atom. The molecule has 0 aliphatic heterocycles. The number of hydrogen-bond donors (Lipinski definition) is 0. The standard InChI is InChI=1S/C24H19FO2/c1-27-24(26)22(21-14-8-9-15-23(21)25)17-20(19-12-6-3-7-13-19)16-18-10-4-2-5-11-18/h2-17H,1H3/b20-16+,22-17+. The van der Waals surface area contributed by atoms with Gasteiger partial charge in [0.25, 0.3) is 0 Å². The summed E-state index contributed by atoms with van der Waals surface area (Å²) in [6.45, 7) is 0. The molecule has 3 heteroatoms. The second-order valence-corrected chi connectivity index (χ2v) is 5.91. The molecule has 3 rings (SSSR count). The molecule has 0 amide bonds. The minimum atomic E-state index is -0.588. The fourth-order valence-electron chi connectivity index (χ4n) is 2.76. The zero-order valence-electron chi connectivity index (χ0n) is 14.9. The maximum Gasteiger partial charge on any atom is 0.338 e. The van der Waals surface area contributed by atoms with Crippen molar-refractivity contribution in [1.82, 2.24) is 0 Å². The van der Waals surface area contributed by atoms with E-state index in [4.69, 9.17) is 4.74 Å². The summed E-state index contributed by atoms with van der Waals surface area (Å²) in [6, 6.07) is 25.6. The quantitative estimate of drug-likeness (QED) is 0.256. The number of methoxy groups -OCH3 is 1. The van der Waals surface area contributed by atoms with E-state index in [2.05, 4.69) is 0 Å². The monoisotopic (exact) mass is 358 g/mol. The number of hydrogen-bond acceptors (Lipinski definition) is 2. The van der Waals surface area contributed by atoms with Crippen molar-refractivity contribution in [2.24, 2.45) is 0 Å². The van der Waals surface area contributed by atoms with Crippen molar-refractivity contribution >= 4 is 23.2 Å². The molecule has 0 aliphatic rings. The van der Waals surface area contributed by atoms with Gasteiger partial charge in [-0.3, -0.25) is 0 Å². The summed E-state index contributed by atoms with van der Waals surface area (Å²) in [5.74, 6) is -1.06. The Hall–Kier alpha value is -3.46. The van der Waals surface area contributed by atoms with Crippen molar-refractivity contribution in [3.8, 4) is 0 Å². The molecular weight excluding hydrogens is 339 g/mol. The van der Waals surface area contributed by atoms with Crippen molar-refractivity contribution in [2.75, 3.05) is 7.11 Å². The zero-order valence-corrected chi connectivity index (χ0v) is 14.9. The summed E-state index contributed by atoms with van der Waals surface area (Å²) in [5.41, 5.74) is 3.05. The topological polar surface area (TPSA) is 26.3 Å². The number of benzene rings is 3. The summed E-state index contributed by atoms with van der Waals surface area (Å²) >= 11 is 0. The first-order chi connectivity index (χ1) is 13.2. The summed E-state index contributed by atoms with van der Waals surface area (Å²) < 4.78 is 19.3. The van der Waals surface area contributed by atoms with Crippen LogP contribution in [0.2, 0.25) is 0 Å². The van der Waals surface area contributed by atoms with E-state index >= 15 is 0 Å². The van der Waals surface area contributed by atoms with Crippen LogP contribution in [0.3, 0.4) is 0 Å². The van der Waals surface area contributed by atoms with Gasteiger partial charge in [0.05, 0.1) is 12.7 Å². The maximum absolute atomic E-state index is 14.3. The van der Waals surface area contributed by atoms with Gasteiger partial charge in [-0.1, -0.05) is 78.9 Å². The first-order valence-electron chi connectivity index (χ1n) is 8.56. The highest BCUT2D eigenvalue weighted by molar-refractivity contribution is 6.19. The van der Waals surface area contributed by atoms with Gasteiger partial charge in [0, 0.05) is 5.56 Å². The van der Waals surface area contributed by atoms with E-state index < -0.39 is 11.8 Å². The maximum atomic E-state index is 14.3. The van der Waals surface area contributed by atoms with Crippen LogP contribution in [0.15, 0.2) is 91.0 Å². The second-order valence-electron chi connectivity index (χ2n) is 5.91. The molecule has 0 saturated heterocycles. The molecule has 0 heterocycles. The van der Waals surface area contributed by atoms with Crippen LogP contribution >= 0.6 is 0 Å². The van der Waals surface area contributed by atoms with E-state index in [0.29, 0.717) is 0 Å². The number of esters is 1. The van der Waals surface area contributed by atoms with Crippen LogP contribution in [0.1, 0.15) is 16.7 Å². The molecule has 0 fully saturated rings. The molecule has 0 atom stereocenters. The Morgan fingerprint density at radius 1 is 0.852 bits per heavy atom. The second kappa shape index (κ2) is 8.77. The summed E-state index contributed by atoms with van der Waals surface area (Å²) in [7, 11) is 1.29. The van der Waals surface area contributed by atoms with E-state index in [1.807, 2.05) is 66.7 Å². The Kier molecular flexibility index (Phi) is 5.95. The molecule has 3 aromatic carbocycles. The first-order valence-corrected chi connectivity index (χ1v) is 8.56. The molecule has 2 nitrogen and oxygen atoms in total. The van der Waals surface area contributed by atoms with Crippen LogP contribution in [0, 0.1) is 5.82 Å². The summed E-state index contributed by atoms with van der Waals surface area (Å²) in [5, 5.41) is 0. The van der Waals surface area contributed by atoms with Gasteiger partial charge >= 0.3 is 5.97 Å². The third-order valence-electron chi connectivity index (χ3n) is 4.10. The predicted octanol–water partition coefficient (Wildman–Crippen LogP) is 5.62. The van der Waals surface area contributed by atoms with Crippen molar-refractivity contribution < 1.29 is 13.9 Å². The molecule has 0 radical (unpaired) electrons. The van der Waals surface area contributed by atoms with Crippen molar-refractivity contribution in [3.63, 3.8) is 0 Å². The summed E-state index contributed by atoms with van der Waals surface area (Å²) in [6.07, 6.45) is 3.63. The average molecular weight is 358 g/mol. The van der Waals surface area contributed by atoms with Crippen molar-refractivity contribution in [2.45, 2.75) is 0 Å². The lowest BCUT2D eigenvalue weighted by atomic mass is 9.97. The van der Waals surface area contributed by atoms with Crippen LogP contribution in [0.25, 0.3) is 17.2 Å². The van der Waals surface area contributed by atoms with Gasteiger partial charge in [-0.25, -0.2) is 9.18 Å². The normalized spacial score (nSPS) is 11.9. The van der Waals surface area contributed by atoms with Crippen molar-refractivity contribution in [3.05, 3.63) is 114 Å². The minimum Gasteiger partial charge on any atom is -0.465 e. The van der Waals surface area contributed by atoms with E-state index in [1.165, 1.54) is 13.2 Å². The van der Waals surface area contributed by atoms with E-state index in [9.17, 15) is 9.18 Å². The van der Waals surface area contributed by atoms with Crippen LogP contribution < -0.4 is 0 Å². The Balaban J connectivity index is 2.19. The number of rotatable bonds is 5. The lowest BCUT2D eigenvalue weighted by Gasteiger charge is -2.10. The predicted molar refractivity (Wildman–Crippen MR) is 107 cm³/mol. The van der Waals surface area contributed by atoms with Crippen LogP contribution in [-0.4, -0.2) is 13.1 Å². The number of carbonyl (C=O) groups is 1. The first kappa shape index (κ1) is 18.3. The third-order valence-corrected chi connectivity index (χ3v) is 4.10. The highest BCUT2D eigenvalue weighted by atomic mass is 19.1. The molecule has 0 saturated carbocycles. The molecule has 0 unspecified atom stereocenters. The molecule has 0 N–H and O–H groups in total. The number of allylic oxidation sites excluding steroid dienone is 2. The van der Waals surface area contributed by atoms with Gasteiger partial charge in [-0.15, -0.1) is 0 Å². The van der Waals surface area contributed by atoms with Gasteiger partial charge in [-0.05, 0) is 34.9 Å². The molecule has 0 bridgehead atoms. The highest BCUT2D eigenvalue weighted by Gasteiger charge is 2.17. The molecule has 0 aromatic heterocycles. The number of carbonyl (C=O) groups excluding carboxylic acids is 1. The van der Waals surface area contributed by atoms with E-state index in [-0.39, 0.29) is 11.1 Å². The SMILES string of the molecule is COC(=O)/C(=C/C(=C\c1ccccc1)c1ccccc1)c1ccccc1F. The number of halogens is 1.